The van der Waals surface area contributed by atoms with Crippen LogP contribution in [0.25, 0.3) is 0 Å². The van der Waals surface area contributed by atoms with Crippen LogP contribution in [0.5, 0.6) is 0 Å². The van der Waals surface area contributed by atoms with Crippen molar-refractivity contribution in [1.29, 1.82) is 0 Å². The normalized spacial score (nSPS) is 20.5. The van der Waals surface area contributed by atoms with Crippen molar-refractivity contribution in [3.63, 3.8) is 0 Å². The second kappa shape index (κ2) is 5.90. The van der Waals surface area contributed by atoms with Gasteiger partial charge in [0.1, 0.15) is 0 Å². The Morgan fingerprint density at radius 2 is 1.68 bits per heavy atom. The Labute approximate surface area is 114 Å². The van der Waals surface area contributed by atoms with Crippen LogP contribution in [-0.2, 0) is 9.59 Å². The second-order valence-electron chi connectivity index (χ2n) is 6.26. The lowest BCUT2D eigenvalue weighted by Gasteiger charge is -2.19. The lowest BCUT2D eigenvalue weighted by Crippen LogP contribution is -2.49. The predicted molar refractivity (Wildman–Crippen MR) is 73.2 cm³/mol. The second-order valence-corrected chi connectivity index (χ2v) is 6.26. The van der Waals surface area contributed by atoms with Gasteiger partial charge >= 0.3 is 0 Å². The van der Waals surface area contributed by atoms with Crippen LogP contribution in [0.3, 0.4) is 0 Å². The quantitative estimate of drug-likeness (QED) is 0.624. The number of amides is 2. The van der Waals surface area contributed by atoms with Crippen LogP contribution < -0.4 is 16.4 Å². The van der Waals surface area contributed by atoms with E-state index in [1.165, 1.54) is 25.7 Å². The van der Waals surface area contributed by atoms with E-state index >= 15 is 0 Å². The molecule has 2 fully saturated rings. The number of carbonyl (C=O) groups excluding carboxylic acids is 2. The summed E-state index contributed by atoms with van der Waals surface area (Å²) in [6, 6.07) is -0.210. The molecule has 0 aromatic rings. The highest BCUT2D eigenvalue weighted by atomic mass is 16.2. The summed E-state index contributed by atoms with van der Waals surface area (Å²) in [7, 11) is 0. The minimum Gasteiger partial charge on any atom is -0.351 e. The molecule has 2 aliphatic rings. The molecule has 2 rings (SSSR count). The van der Waals surface area contributed by atoms with Crippen molar-refractivity contribution in [2.45, 2.75) is 51.6 Å². The molecule has 0 heterocycles. The maximum Gasteiger partial charge on any atom is 0.239 e. The maximum atomic E-state index is 11.8. The lowest BCUT2D eigenvalue weighted by molar-refractivity contribution is -0.127. The Morgan fingerprint density at radius 1 is 1.16 bits per heavy atom. The van der Waals surface area contributed by atoms with E-state index in [0.29, 0.717) is 17.9 Å². The maximum absolute atomic E-state index is 11.8. The van der Waals surface area contributed by atoms with Gasteiger partial charge in [-0.3, -0.25) is 9.59 Å². The third-order valence-electron chi connectivity index (χ3n) is 4.03. The summed E-state index contributed by atoms with van der Waals surface area (Å²) in [5.41, 5.74) is 5.72. The number of hydrogen-bond acceptors (Lipinski definition) is 3. The Kier molecular flexibility index (Phi) is 4.45. The van der Waals surface area contributed by atoms with Crippen LogP contribution in [0.1, 0.15) is 39.5 Å². The van der Waals surface area contributed by atoms with Crippen LogP contribution in [0.4, 0.5) is 0 Å². The van der Waals surface area contributed by atoms with Gasteiger partial charge in [0.05, 0.1) is 12.6 Å². The fourth-order valence-corrected chi connectivity index (χ4v) is 2.36. The van der Waals surface area contributed by atoms with Gasteiger partial charge in [0.25, 0.3) is 0 Å². The van der Waals surface area contributed by atoms with E-state index in [4.69, 9.17) is 5.73 Å². The average molecular weight is 267 g/mol. The Balaban J connectivity index is 1.70. The van der Waals surface area contributed by atoms with E-state index in [1.807, 2.05) is 13.8 Å². The van der Waals surface area contributed by atoms with Crippen molar-refractivity contribution in [3.05, 3.63) is 0 Å². The Morgan fingerprint density at radius 3 is 2.11 bits per heavy atom. The molecule has 0 saturated heterocycles. The highest BCUT2D eigenvalue weighted by molar-refractivity contribution is 5.87. The van der Waals surface area contributed by atoms with Crippen molar-refractivity contribution >= 4 is 11.8 Å². The minimum atomic E-state index is -0.546. The van der Waals surface area contributed by atoms with Gasteiger partial charge in [-0.05, 0) is 43.4 Å². The van der Waals surface area contributed by atoms with Gasteiger partial charge < -0.3 is 16.4 Å². The topological polar surface area (TPSA) is 84.2 Å². The van der Waals surface area contributed by atoms with E-state index < -0.39 is 6.04 Å². The first-order valence-electron chi connectivity index (χ1n) is 7.31. The van der Waals surface area contributed by atoms with E-state index in [9.17, 15) is 9.59 Å². The molecule has 4 N–H and O–H groups in total. The number of rotatable bonds is 7. The first kappa shape index (κ1) is 14.3. The minimum absolute atomic E-state index is 0.0369. The molecule has 19 heavy (non-hydrogen) atoms. The molecule has 5 heteroatoms. The first-order chi connectivity index (χ1) is 8.99. The molecule has 5 nitrogen and oxygen atoms in total. The molecular weight excluding hydrogens is 242 g/mol. The number of carbonyl (C=O) groups is 2. The zero-order valence-corrected chi connectivity index (χ0v) is 11.8. The predicted octanol–water partition coefficient (Wildman–Crippen LogP) is 0.391. The van der Waals surface area contributed by atoms with Crippen molar-refractivity contribution in [2.24, 2.45) is 23.5 Å². The standard InChI is InChI=1S/C14H25N3O2/c1-8(2)12(15)14(19)16-7-11(18)17-13(9-3-4-9)10-5-6-10/h8-10,12-13H,3-7,15H2,1-2H3,(H,16,19)(H,17,18)/t12-/m0/s1. The molecule has 1 atom stereocenters. The zero-order chi connectivity index (χ0) is 14.0. The Hall–Kier alpha value is -1.10. The number of nitrogens with one attached hydrogen (secondary N) is 2. The summed E-state index contributed by atoms with van der Waals surface area (Å²) in [5, 5.41) is 5.68. The van der Waals surface area contributed by atoms with Crippen molar-refractivity contribution in [1.82, 2.24) is 10.6 Å². The molecule has 0 aromatic carbocycles. The smallest absolute Gasteiger partial charge is 0.239 e. The third kappa shape index (κ3) is 4.20. The van der Waals surface area contributed by atoms with Gasteiger partial charge in [0, 0.05) is 6.04 Å². The van der Waals surface area contributed by atoms with Crippen LogP contribution >= 0.6 is 0 Å². The monoisotopic (exact) mass is 267 g/mol. The molecule has 0 bridgehead atoms. The van der Waals surface area contributed by atoms with Gasteiger partial charge in [-0.2, -0.15) is 0 Å². The van der Waals surface area contributed by atoms with Crippen LogP contribution in [-0.4, -0.2) is 30.4 Å². The number of nitrogens with two attached hydrogens (primary N) is 1. The third-order valence-corrected chi connectivity index (χ3v) is 4.03. The molecule has 0 spiro atoms. The zero-order valence-electron chi connectivity index (χ0n) is 11.8. The first-order valence-corrected chi connectivity index (χ1v) is 7.31. The van der Waals surface area contributed by atoms with Crippen molar-refractivity contribution in [2.75, 3.05) is 6.54 Å². The largest absolute Gasteiger partial charge is 0.351 e. The van der Waals surface area contributed by atoms with Crippen molar-refractivity contribution in [3.8, 4) is 0 Å². The van der Waals surface area contributed by atoms with Gasteiger partial charge in [0.15, 0.2) is 0 Å². The summed E-state index contributed by atoms with van der Waals surface area (Å²) in [6.07, 6.45) is 4.91. The van der Waals surface area contributed by atoms with Crippen LogP contribution in [0.15, 0.2) is 0 Å². The van der Waals surface area contributed by atoms with Gasteiger partial charge in [-0.25, -0.2) is 0 Å². The summed E-state index contributed by atoms with van der Waals surface area (Å²) in [4.78, 5) is 23.5. The van der Waals surface area contributed by atoms with Gasteiger partial charge in [-0.1, -0.05) is 13.8 Å². The van der Waals surface area contributed by atoms with E-state index in [2.05, 4.69) is 10.6 Å². The van der Waals surface area contributed by atoms with Gasteiger partial charge in [0.2, 0.25) is 11.8 Å². The Bertz CT molecular complexity index is 337. The molecule has 0 radical (unpaired) electrons. The summed E-state index contributed by atoms with van der Waals surface area (Å²) >= 11 is 0. The highest BCUT2D eigenvalue weighted by Gasteiger charge is 2.42. The summed E-state index contributed by atoms with van der Waals surface area (Å²) < 4.78 is 0. The number of hydrogen-bond donors (Lipinski definition) is 3. The van der Waals surface area contributed by atoms with E-state index in [1.54, 1.807) is 0 Å². The fourth-order valence-electron chi connectivity index (χ4n) is 2.36. The SMILES string of the molecule is CC(C)[C@H](N)C(=O)NCC(=O)NC(C1CC1)C1CC1. The molecule has 2 amide bonds. The van der Waals surface area contributed by atoms with E-state index in [0.717, 1.165) is 0 Å². The van der Waals surface area contributed by atoms with Crippen LogP contribution in [0, 0.1) is 17.8 Å². The summed E-state index contributed by atoms with van der Waals surface area (Å²) in [5.74, 6) is 1.08. The molecule has 108 valence electrons. The van der Waals surface area contributed by atoms with Gasteiger partial charge in [-0.15, -0.1) is 0 Å². The molecule has 2 saturated carbocycles. The van der Waals surface area contributed by atoms with Crippen LogP contribution in [0.2, 0.25) is 0 Å². The lowest BCUT2D eigenvalue weighted by atomic mass is 10.1. The summed E-state index contributed by atoms with van der Waals surface area (Å²) in [6.45, 7) is 3.82. The van der Waals surface area contributed by atoms with Crippen molar-refractivity contribution < 1.29 is 9.59 Å². The fraction of sp³-hybridized carbons (Fsp3) is 0.857. The molecule has 0 aliphatic heterocycles. The molecule has 2 aliphatic carbocycles. The molecule has 0 unspecified atom stereocenters. The van der Waals surface area contributed by atoms with E-state index in [-0.39, 0.29) is 24.3 Å². The average Bonchev–Trinajstić information content (AvgIpc) is 3.24. The highest BCUT2D eigenvalue weighted by Crippen LogP contribution is 2.44. The molecular formula is C14H25N3O2. The molecule has 0 aromatic heterocycles.